The zero-order chi connectivity index (χ0) is 15.0. The molecule has 0 aliphatic heterocycles. The predicted octanol–water partition coefficient (Wildman–Crippen LogP) is 2.60. The molecule has 1 N–H and O–H groups in total. The maximum Gasteiger partial charge on any atom is 0.222 e. The number of nitrogens with zero attached hydrogens (tertiary/aromatic N) is 1. The molecule has 1 aromatic carbocycles. The van der Waals surface area contributed by atoms with Gasteiger partial charge in [0.2, 0.25) is 5.91 Å². The Labute approximate surface area is 122 Å². The van der Waals surface area contributed by atoms with E-state index in [0.29, 0.717) is 19.1 Å². The van der Waals surface area contributed by atoms with Crippen LogP contribution in [-0.4, -0.2) is 38.1 Å². The Kier molecular flexibility index (Phi) is 7.09. The molecular formula is C16H26N2O2. The van der Waals surface area contributed by atoms with Crippen molar-refractivity contribution in [1.82, 2.24) is 10.2 Å². The molecule has 0 bridgehead atoms. The summed E-state index contributed by atoms with van der Waals surface area (Å²) in [5, 5.41) is 3.38. The third-order valence-corrected chi connectivity index (χ3v) is 3.17. The molecule has 1 rings (SSSR count). The Hall–Kier alpha value is -1.55. The summed E-state index contributed by atoms with van der Waals surface area (Å²) in [6, 6.07) is 8.43. The zero-order valence-corrected chi connectivity index (χ0v) is 13.0. The molecule has 1 atom stereocenters. The molecule has 20 heavy (non-hydrogen) atoms. The van der Waals surface area contributed by atoms with Gasteiger partial charge in [-0.3, -0.25) is 4.79 Å². The quantitative estimate of drug-likeness (QED) is 0.743. The lowest BCUT2D eigenvalue weighted by atomic mass is 10.1. The van der Waals surface area contributed by atoms with Gasteiger partial charge in [0.1, 0.15) is 5.75 Å². The molecule has 0 radical (unpaired) electrons. The second kappa shape index (κ2) is 8.59. The summed E-state index contributed by atoms with van der Waals surface area (Å²) in [6.07, 6.45) is 1.27. The second-order valence-corrected chi connectivity index (χ2v) is 5.09. The van der Waals surface area contributed by atoms with Gasteiger partial charge >= 0.3 is 0 Å². The molecule has 0 fully saturated rings. The Morgan fingerprint density at radius 1 is 1.40 bits per heavy atom. The number of benzene rings is 1. The maximum absolute atomic E-state index is 11.4. The lowest BCUT2D eigenvalue weighted by Crippen LogP contribution is -2.21. The van der Waals surface area contributed by atoms with Crippen molar-refractivity contribution in [1.29, 1.82) is 0 Å². The van der Waals surface area contributed by atoms with Gasteiger partial charge in [-0.1, -0.05) is 19.1 Å². The third kappa shape index (κ3) is 5.61. The fourth-order valence-corrected chi connectivity index (χ4v) is 1.93. The third-order valence-electron chi connectivity index (χ3n) is 3.17. The Bertz CT molecular complexity index is 419. The number of rotatable bonds is 8. The molecule has 4 nitrogen and oxygen atoms in total. The van der Waals surface area contributed by atoms with Crippen LogP contribution in [0.15, 0.2) is 24.3 Å². The van der Waals surface area contributed by atoms with Gasteiger partial charge in [0, 0.05) is 26.6 Å². The average molecular weight is 278 g/mol. The summed E-state index contributed by atoms with van der Waals surface area (Å²) in [7, 11) is 3.55. The Morgan fingerprint density at radius 3 is 2.80 bits per heavy atom. The van der Waals surface area contributed by atoms with Crippen molar-refractivity contribution in [2.75, 3.05) is 27.2 Å². The summed E-state index contributed by atoms with van der Waals surface area (Å²) in [4.78, 5) is 13.0. The normalized spacial score (nSPS) is 12.0. The first-order chi connectivity index (χ1) is 9.54. The monoisotopic (exact) mass is 278 g/mol. The fraction of sp³-hybridized carbons (Fsp3) is 0.562. The van der Waals surface area contributed by atoms with E-state index in [1.54, 1.807) is 19.0 Å². The highest BCUT2D eigenvalue weighted by Crippen LogP contribution is 2.19. The molecule has 1 amide bonds. The lowest BCUT2D eigenvalue weighted by Gasteiger charge is -2.14. The van der Waals surface area contributed by atoms with Crippen LogP contribution in [0.4, 0.5) is 0 Å². The largest absolute Gasteiger partial charge is 0.494 e. The summed E-state index contributed by atoms with van der Waals surface area (Å²) in [6.45, 7) is 5.74. The minimum atomic E-state index is 0.142. The first-order valence-corrected chi connectivity index (χ1v) is 7.21. The average Bonchev–Trinajstić information content (AvgIpc) is 2.43. The minimum Gasteiger partial charge on any atom is -0.494 e. The lowest BCUT2D eigenvalue weighted by molar-refractivity contribution is -0.128. The molecule has 0 saturated heterocycles. The van der Waals surface area contributed by atoms with Crippen molar-refractivity contribution in [3.8, 4) is 5.75 Å². The Morgan fingerprint density at radius 2 is 2.15 bits per heavy atom. The van der Waals surface area contributed by atoms with Crippen LogP contribution >= 0.6 is 0 Å². The molecular weight excluding hydrogens is 252 g/mol. The molecule has 1 aromatic rings. The van der Waals surface area contributed by atoms with Gasteiger partial charge in [-0.05, 0) is 37.6 Å². The van der Waals surface area contributed by atoms with Gasteiger partial charge < -0.3 is 15.0 Å². The first kappa shape index (κ1) is 16.5. The van der Waals surface area contributed by atoms with Crippen molar-refractivity contribution in [3.63, 3.8) is 0 Å². The number of carbonyl (C=O) groups excluding carboxylic acids is 1. The molecule has 4 heteroatoms. The molecule has 0 aromatic heterocycles. The van der Waals surface area contributed by atoms with Crippen LogP contribution in [0.2, 0.25) is 0 Å². The van der Waals surface area contributed by atoms with Gasteiger partial charge in [-0.2, -0.15) is 0 Å². The zero-order valence-electron chi connectivity index (χ0n) is 13.0. The van der Waals surface area contributed by atoms with Crippen molar-refractivity contribution in [3.05, 3.63) is 29.8 Å². The van der Waals surface area contributed by atoms with E-state index in [0.717, 1.165) is 18.7 Å². The molecule has 0 heterocycles. The van der Waals surface area contributed by atoms with Crippen LogP contribution in [0.3, 0.4) is 0 Å². The van der Waals surface area contributed by atoms with E-state index in [1.165, 1.54) is 5.56 Å². The SMILES string of the molecule is CCNC(C)c1cccc(OCCCC(=O)N(C)C)c1. The maximum atomic E-state index is 11.4. The van der Waals surface area contributed by atoms with E-state index in [9.17, 15) is 4.79 Å². The highest BCUT2D eigenvalue weighted by atomic mass is 16.5. The van der Waals surface area contributed by atoms with E-state index < -0.39 is 0 Å². The topological polar surface area (TPSA) is 41.6 Å². The van der Waals surface area contributed by atoms with E-state index in [4.69, 9.17) is 4.74 Å². The number of carbonyl (C=O) groups is 1. The predicted molar refractivity (Wildman–Crippen MR) is 82.0 cm³/mol. The van der Waals surface area contributed by atoms with Gasteiger partial charge in [0.15, 0.2) is 0 Å². The molecule has 0 aliphatic rings. The van der Waals surface area contributed by atoms with Gasteiger partial charge in [0.25, 0.3) is 0 Å². The first-order valence-electron chi connectivity index (χ1n) is 7.21. The number of hydrogen-bond donors (Lipinski definition) is 1. The van der Waals surface area contributed by atoms with Crippen LogP contribution in [-0.2, 0) is 4.79 Å². The standard InChI is InChI=1S/C16H26N2O2/c1-5-17-13(2)14-8-6-9-15(12-14)20-11-7-10-16(19)18(3)4/h6,8-9,12-13,17H,5,7,10-11H2,1-4H3. The number of nitrogens with one attached hydrogen (secondary N) is 1. The number of ether oxygens (including phenoxy) is 1. The van der Waals surface area contributed by atoms with Crippen LogP contribution in [0.25, 0.3) is 0 Å². The van der Waals surface area contributed by atoms with Crippen LogP contribution in [0, 0.1) is 0 Å². The molecule has 0 spiro atoms. The summed E-state index contributed by atoms with van der Waals surface area (Å²) in [5.74, 6) is 1.01. The highest BCUT2D eigenvalue weighted by Gasteiger charge is 2.06. The number of hydrogen-bond acceptors (Lipinski definition) is 3. The van der Waals surface area contributed by atoms with E-state index >= 15 is 0 Å². The molecule has 1 unspecified atom stereocenters. The van der Waals surface area contributed by atoms with Crippen LogP contribution in [0.5, 0.6) is 5.75 Å². The van der Waals surface area contributed by atoms with Crippen molar-refractivity contribution in [2.24, 2.45) is 0 Å². The van der Waals surface area contributed by atoms with Crippen LogP contribution in [0.1, 0.15) is 38.3 Å². The van der Waals surface area contributed by atoms with Crippen molar-refractivity contribution >= 4 is 5.91 Å². The van der Waals surface area contributed by atoms with Gasteiger partial charge in [-0.25, -0.2) is 0 Å². The summed E-state index contributed by atoms with van der Waals surface area (Å²) < 4.78 is 5.71. The second-order valence-electron chi connectivity index (χ2n) is 5.09. The summed E-state index contributed by atoms with van der Waals surface area (Å²) in [5.41, 5.74) is 1.22. The smallest absolute Gasteiger partial charge is 0.222 e. The van der Waals surface area contributed by atoms with Gasteiger partial charge in [0.05, 0.1) is 6.61 Å². The highest BCUT2D eigenvalue weighted by molar-refractivity contribution is 5.75. The fourth-order valence-electron chi connectivity index (χ4n) is 1.93. The molecule has 112 valence electrons. The summed E-state index contributed by atoms with van der Waals surface area (Å²) >= 11 is 0. The number of amides is 1. The molecule has 0 aliphatic carbocycles. The van der Waals surface area contributed by atoms with E-state index in [2.05, 4.69) is 31.3 Å². The Balaban J connectivity index is 2.41. The van der Waals surface area contributed by atoms with Crippen molar-refractivity contribution in [2.45, 2.75) is 32.7 Å². The van der Waals surface area contributed by atoms with Gasteiger partial charge in [-0.15, -0.1) is 0 Å². The molecule has 0 saturated carbocycles. The van der Waals surface area contributed by atoms with E-state index in [-0.39, 0.29) is 5.91 Å². The van der Waals surface area contributed by atoms with Crippen molar-refractivity contribution < 1.29 is 9.53 Å². The minimum absolute atomic E-state index is 0.142. The van der Waals surface area contributed by atoms with E-state index in [1.807, 2.05) is 12.1 Å². The van der Waals surface area contributed by atoms with Crippen LogP contribution < -0.4 is 10.1 Å².